The van der Waals surface area contributed by atoms with E-state index in [9.17, 15) is 9.90 Å². The Balaban J connectivity index is 1.32. The highest BCUT2D eigenvalue weighted by Crippen LogP contribution is 2.33. The Morgan fingerprint density at radius 1 is 0.976 bits per heavy atom. The van der Waals surface area contributed by atoms with Crippen LogP contribution < -0.4 is 4.57 Å². The van der Waals surface area contributed by atoms with E-state index in [-0.39, 0.29) is 18.0 Å². The summed E-state index contributed by atoms with van der Waals surface area (Å²) in [6.07, 6.45) is 6.22. The minimum atomic E-state index is -1.02. The van der Waals surface area contributed by atoms with Gasteiger partial charge in [0.1, 0.15) is 48.9 Å². The van der Waals surface area contributed by atoms with E-state index in [0.29, 0.717) is 19.6 Å². The lowest BCUT2D eigenvalue weighted by molar-refractivity contribution is -0.671. The lowest BCUT2D eigenvalue weighted by Crippen LogP contribution is -2.59. The van der Waals surface area contributed by atoms with E-state index in [2.05, 4.69) is 11.5 Å². The zero-order valence-corrected chi connectivity index (χ0v) is 24.9. The van der Waals surface area contributed by atoms with Crippen LogP contribution in [0.15, 0.2) is 79.4 Å². The third-order valence-corrected chi connectivity index (χ3v) is 8.09. The van der Waals surface area contributed by atoms with Gasteiger partial charge in [-0.1, -0.05) is 67.6 Å². The molecule has 1 fully saturated rings. The van der Waals surface area contributed by atoms with Gasteiger partial charge in [0.25, 0.3) is 0 Å². The Kier molecular flexibility index (Phi) is 12.7. The molecule has 0 amide bonds. The summed E-state index contributed by atoms with van der Waals surface area (Å²) < 4.78 is 28.7. The predicted octanol–water partition coefficient (Wildman–Crippen LogP) is 4.43. The number of ether oxygens (including phenoxy) is 4. The fourth-order valence-corrected chi connectivity index (χ4v) is 5.82. The number of thioether (sulfide) groups is 1. The molecular weight excluding hydrogens is 540 g/mol. The maximum absolute atomic E-state index is 12.5. The third kappa shape index (κ3) is 9.97. The summed E-state index contributed by atoms with van der Waals surface area (Å²) in [4.78, 5) is 12.5. The number of carbonyl (C=O) groups excluding carboxylic acids is 1. The summed E-state index contributed by atoms with van der Waals surface area (Å²) in [7, 11) is 2.00. The number of esters is 1. The number of hydrogen-bond donors (Lipinski definition) is 1. The quantitative estimate of drug-likeness (QED) is 0.152. The highest BCUT2D eigenvalue weighted by molar-refractivity contribution is 7.99. The Labute approximate surface area is 247 Å². The van der Waals surface area contributed by atoms with Gasteiger partial charge in [-0.3, -0.25) is 4.79 Å². The van der Waals surface area contributed by atoms with Gasteiger partial charge >= 0.3 is 5.97 Å². The van der Waals surface area contributed by atoms with Crippen molar-refractivity contribution in [2.45, 2.75) is 82.2 Å². The number of aliphatic hydroxyl groups is 1. The summed E-state index contributed by atoms with van der Waals surface area (Å²) in [5.74, 6) is 0.516. The number of imidazole rings is 1. The summed E-state index contributed by atoms with van der Waals surface area (Å²) in [5.41, 5.74) is 1.65. The van der Waals surface area contributed by atoms with Crippen LogP contribution in [0.25, 0.3) is 0 Å². The van der Waals surface area contributed by atoms with Crippen LogP contribution in [0.3, 0.4) is 0 Å². The van der Waals surface area contributed by atoms with E-state index in [1.54, 1.807) is 11.8 Å². The van der Waals surface area contributed by atoms with Crippen molar-refractivity contribution in [3.05, 3.63) is 90.5 Å². The first kappa shape index (κ1) is 31.3. The Hall–Kier alpha value is -2.69. The van der Waals surface area contributed by atoms with Gasteiger partial charge in [-0.15, -0.1) is 11.8 Å². The van der Waals surface area contributed by atoms with Gasteiger partial charge in [-0.2, -0.15) is 0 Å². The zero-order valence-electron chi connectivity index (χ0n) is 24.0. The van der Waals surface area contributed by atoms with Crippen LogP contribution in [-0.4, -0.2) is 57.9 Å². The number of nitrogens with zero attached hydrogens (tertiary/aromatic N) is 2. The van der Waals surface area contributed by atoms with Crippen molar-refractivity contribution < 1.29 is 33.4 Å². The molecule has 222 valence electrons. The molecule has 9 heteroatoms. The van der Waals surface area contributed by atoms with Crippen molar-refractivity contribution in [3.8, 4) is 0 Å². The number of aliphatic hydroxyl groups excluding tert-OH is 1. The zero-order chi connectivity index (χ0) is 28.9. The number of carbonyl (C=O) groups is 1. The summed E-state index contributed by atoms with van der Waals surface area (Å²) in [5, 5.41) is 11.4. The van der Waals surface area contributed by atoms with Crippen LogP contribution in [-0.2, 0) is 50.5 Å². The molecule has 4 rings (SSSR count). The van der Waals surface area contributed by atoms with E-state index < -0.39 is 24.4 Å². The molecule has 2 heterocycles. The second-order valence-electron chi connectivity index (χ2n) is 10.3. The fraction of sp³-hybridized carbons (Fsp3) is 0.500. The molecule has 1 saturated heterocycles. The molecule has 1 aliphatic heterocycles. The number of benzene rings is 2. The maximum Gasteiger partial charge on any atom is 0.305 e. The molecule has 0 bridgehead atoms. The van der Waals surface area contributed by atoms with Crippen molar-refractivity contribution >= 4 is 17.7 Å². The van der Waals surface area contributed by atoms with Gasteiger partial charge in [-0.25, -0.2) is 9.13 Å². The smallest absolute Gasteiger partial charge is 0.305 e. The summed E-state index contributed by atoms with van der Waals surface area (Å²) in [6.45, 7) is 3.64. The average Bonchev–Trinajstić information content (AvgIpc) is 3.41. The molecule has 0 unspecified atom stereocenters. The van der Waals surface area contributed by atoms with Gasteiger partial charge in [-0.05, 0) is 36.1 Å². The van der Waals surface area contributed by atoms with Crippen molar-refractivity contribution in [2.24, 2.45) is 7.05 Å². The van der Waals surface area contributed by atoms with Crippen LogP contribution in [0.5, 0.6) is 0 Å². The third-order valence-electron chi connectivity index (χ3n) is 7.05. The summed E-state index contributed by atoms with van der Waals surface area (Å²) in [6, 6.07) is 19.8. The molecule has 2 aromatic carbocycles. The monoisotopic (exact) mass is 583 g/mol. The second kappa shape index (κ2) is 16.7. The van der Waals surface area contributed by atoms with Gasteiger partial charge in [0, 0.05) is 6.42 Å². The summed E-state index contributed by atoms with van der Waals surface area (Å²) >= 11 is 1.60. The van der Waals surface area contributed by atoms with Crippen LogP contribution >= 0.6 is 11.8 Å². The largest absolute Gasteiger partial charge is 0.463 e. The maximum atomic E-state index is 12.5. The van der Waals surface area contributed by atoms with Crippen LogP contribution in [0.4, 0.5) is 0 Å². The Morgan fingerprint density at radius 2 is 1.63 bits per heavy atom. The molecule has 1 N–H and O–H groups in total. The van der Waals surface area contributed by atoms with Crippen LogP contribution in [0.1, 0.15) is 43.7 Å². The first-order chi connectivity index (χ1) is 20.0. The number of aryl methyl sites for hydroxylation is 2. The topological polar surface area (TPSA) is 83.0 Å². The highest BCUT2D eigenvalue weighted by Gasteiger charge is 2.47. The first-order valence-corrected chi connectivity index (χ1v) is 15.5. The molecule has 0 saturated carbocycles. The lowest BCUT2D eigenvalue weighted by Gasteiger charge is -2.44. The van der Waals surface area contributed by atoms with Gasteiger partial charge in [0.2, 0.25) is 6.33 Å². The highest BCUT2D eigenvalue weighted by atomic mass is 32.2. The molecule has 5 atom stereocenters. The molecule has 0 radical (unpaired) electrons. The molecule has 0 aliphatic carbocycles. The molecule has 0 spiro atoms. The van der Waals surface area contributed by atoms with E-state index in [4.69, 9.17) is 18.9 Å². The van der Waals surface area contributed by atoms with Crippen molar-refractivity contribution in [1.29, 1.82) is 0 Å². The van der Waals surface area contributed by atoms with Gasteiger partial charge in [0.15, 0.2) is 0 Å². The van der Waals surface area contributed by atoms with E-state index in [1.807, 2.05) is 91.0 Å². The van der Waals surface area contributed by atoms with E-state index in [0.717, 1.165) is 42.7 Å². The number of aromatic nitrogens is 2. The Bertz CT molecular complexity index is 1160. The predicted molar refractivity (Wildman–Crippen MR) is 158 cm³/mol. The fourth-order valence-electron chi connectivity index (χ4n) is 4.85. The van der Waals surface area contributed by atoms with Crippen molar-refractivity contribution in [3.63, 3.8) is 0 Å². The normalized spacial score (nSPS) is 22.5. The minimum Gasteiger partial charge on any atom is -0.463 e. The molecule has 1 aromatic heterocycles. The molecule has 41 heavy (non-hydrogen) atoms. The SMILES string of the molecule is CCS[C@@H]1O[C@H](COC(=O)CCCCCn2cc[n+](C)c2)[C@@H](O)[C@H](OCc2ccccc2)[C@H]1OCc1ccccc1. The molecular formula is C32H43N2O6S+. The van der Waals surface area contributed by atoms with E-state index in [1.165, 1.54) is 0 Å². The standard InChI is InChI=1S/C32H43N2O6S/c1-3-41-32-31(39-22-26-15-9-5-10-16-26)30(38-21-25-13-7-4-8-14-25)29(36)27(40-32)23-37-28(35)17-11-6-12-18-34-20-19-33(2)24-34/h4-5,7-10,13-16,19-20,24,27,29-32,36H,3,6,11-12,17-18,21-23H2,1-2H3/q+1/t27-,29-,30+,31-,32+/m1/s1. The number of rotatable bonds is 16. The van der Waals surface area contributed by atoms with Crippen LogP contribution in [0, 0.1) is 0 Å². The molecule has 3 aromatic rings. The number of unbranched alkanes of at least 4 members (excludes halogenated alkanes) is 2. The Morgan fingerprint density at radius 3 is 2.24 bits per heavy atom. The van der Waals surface area contributed by atoms with Crippen molar-refractivity contribution in [2.75, 3.05) is 12.4 Å². The average molecular weight is 584 g/mol. The van der Waals surface area contributed by atoms with E-state index >= 15 is 0 Å². The van der Waals surface area contributed by atoms with Gasteiger partial charge < -0.3 is 24.1 Å². The second-order valence-corrected chi connectivity index (χ2v) is 11.7. The molecule has 1 aliphatic rings. The minimum absolute atomic E-state index is 0.0305. The first-order valence-electron chi connectivity index (χ1n) is 14.5. The number of hydrogen-bond acceptors (Lipinski definition) is 7. The van der Waals surface area contributed by atoms with Crippen LogP contribution in [0.2, 0.25) is 0 Å². The van der Waals surface area contributed by atoms with Crippen molar-refractivity contribution in [1.82, 2.24) is 4.57 Å². The van der Waals surface area contributed by atoms with Gasteiger partial charge in [0.05, 0.1) is 26.8 Å². The molecule has 8 nitrogen and oxygen atoms in total. The lowest BCUT2D eigenvalue weighted by atomic mass is 9.99.